The van der Waals surface area contributed by atoms with Crippen LogP contribution in [-0.2, 0) is 17.8 Å². The van der Waals surface area contributed by atoms with Gasteiger partial charge in [-0.2, -0.15) is 9.97 Å². The summed E-state index contributed by atoms with van der Waals surface area (Å²) in [5, 5.41) is 2.90. The van der Waals surface area contributed by atoms with Crippen molar-refractivity contribution in [2.75, 3.05) is 62.3 Å². The Morgan fingerprint density at radius 1 is 1.05 bits per heavy atom. The van der Waals surface area contributed by atoms with Gasteiger partial charge in [0.15, 0.2) is 0 Å². The molecule has 1 amide bonds. The summed E-state index contributed by atoms with van der Waals surface area (Å²) < 4.78 is 18.9. The fraction of sp³-hybridized carbons (Fsp3) is 0.485. The summed E-state index contributed by atoms with van der Waals surface area (Å²) in [5.74, 6) is 0.739. The van der Waals surface area contributed by atoms with Crippen LogP contribution in [0.2, 0.25) is 5.02 Å². The quantitative estimate of drug-likeness (QED) is 0.340. The third-order valence-electron chi connectivity index (χ3n) is 8.85. The average molecular weight is 607 g/mol. The number of fused-ring (bicyclic) bond motifs is 2. The zero-order valence-electron chi connectivity index (χ0n) is 25.2. The van der Waals surface area contributed by atoms with E-state index in [0.717, 1.165) is 64.5 Å². The van der Waals surface area contributed by atoms with Crippen molar-refractivity contribution in [2.24, 2.45) is 0 Å². The van der Waals surface area contributed by atoms with Crippen molar-refractivity contribution in [1.82, 2.24) is 19.8 Å². The zero-order chi connectivity index (χ0) is 30.1. The van der Waals surface area contributed by atoms with E-state index in [1.54, 1.807) is 4.90 Å². The second-order valence-corrected chi connectivity index (χ2v) is 12.9. The van der Waals surface area contributed by atoms with Gasteiger partial charge in [-0.15, -0.1) is 0 Å². The first kappa shape index (κ1) is 29.6. The van der Waals surface area contributed by atoms with Gasteiger partial charge in [0.2, 0.25) is 5.91 Å². The van der Waals surface area contributed by atoms with Crippen molar-refractivity contribution in [3.63, 3.8) is 0 Å². The van der Waals surface area contributed by atoms with E-state index in [1.807, 2.05) is 12.1 Å². The second kappa shape index (κ2) is 12.3. The number of rotatable bonds is 7. The molecule has 0 saturated carbocycles. The Kier molecular flexibility index (Phi) is 8.47. The highest BCUT2D eigenvalue weighted by molar-refractivity contribution is 6.36. The molecule has 0 aliphatic carbocycles. The standard InChI is InChI=1S/C33H40ClFN6O2/c1-33(2,3)41-16-12-24(41)22-43-32-36-27-21-40(28-10-5-8-23-7-4-9-26(34)30(23)28)15-13-25(27)31(37-32)39-19-17-38(18-20-39)29(42)11-6-14-35/h4-11,24H,12-22H2,1-3H3/b11-6+. The van der Waals surface area contributed by atoms with Crippen molar-refractivity contribution in [1.29, 1.82) is 0 Å². The number of halogens is 2. The van der Waals surface area contributed by atoms with Crippen LogP contribution in [0.1, 0.15) is 38.4 Å². The van der Waals surface area contributed by atoms with E-state index in [4.69, 9.17) is 26.3 Å². The van der Waals surface area contributed by atoms with Gasteiger partial charge in [0.1, 0.15) is 19.1 Å². The van der Waals surface area contributed by atoms with E-state index >= 15 is 0 Å². The average Bonchev–Trinajstić information content (AvgIpc) is 2.98. The van der Waals surface area contributed by atoms with Crippen LogP contribution >= 0.6 is 11.6 Å². The number of hydrogen-bond acceptors (Lipinski definition) is 7. The minimum Gasteiger partial charge on any atom is -0.462 e. The van der Waals surface area contributed by atoms with E-state index in [9.17, 15) is 9.18 Å². The highest BCUT2D eigenvalue weighted by Gasteiger charge is 2.37. The summed E-state index contributed by atoms with van der Waals surface area (Å²) in [6, 6.07) is 13.0. The van der Waals surface area contributed by atoms with Gasteiger partial charge in [-0.3, -0.25) is 9.69 Å². The molecule has 1 atom stereocenters. The third kappa shape index (κ3) is 6.15. The molecule has 0 radical (unpaired) electrons. The molecule has 3 aromatic rings. The zero-order valence-corrected chi connectivity index (χ0v) is 26.0. The molecule has 0 spiro atoms. The lowest BCUT2D eigenvalue weighted by Gasteiger charge is -2.49. The first-order chi connectivity index (χ1) is 20.7. The molecule has 1 unspecified atom stereocenters. The summed E-state index contributed by atoms with van der Waals surface area (Å²) in [6.45, 7) is 11.5. The molecule has 2 fully saturated rings. The number of ether oxygens (including phenoxy) is 1. The lowest BCUT2D eigenvalue weighted by Crippen LogP contribution is -2.59. The number of benzene rings is 2. The maximum Gasteiger partial charge on any atom is 0.318 e. The first-order valence-corrected chi connectivity index (χ1v) is 15.6. The van der Waals surface area contributed by atoms with Crippen LogP contribution in [0.5, 0.6) is 6.01 Å². The second-order valence-electron chi connectivity index (χ2n) is 12.5. The van der Waals surface area contributed by atoms with E-state index in [-0.39, 0.29) is 11.4 Å². The van der Waals surface area contributed by atoms with Gasteiger partial charge < -0.3 is 19.4 Å². The molecule has 6 rings (SSSR count). The van der Waals surface area contributed by atoms with E-state index in [2.05, 4.69) is 59.7 Å². The smallest absolute Gasteiger partial charge is 0.318 e. The Hall–Kier alpha value is -3.43. The lowest BCUT2D eigenvalue weighted by molar-refractivity contribution is -0.126. The van der Waals surface area contributed by atoms with E-state index < -0.39 is 6.67 Å². The van der Waals surface area contributed by atoms with Crippen LogP contribution in [0.4, 0.5) is 15.9 Å². The Bertz CT molecular complexity index is 1510. The van der Waals surface area contributed by atoms with Gasteiger partial charge in [-0.05, 0) is 57.2 Å². The minimum absolute atomic E-state index is 0.0882. The summed E-state index contributed by atoms with van der Waals surface area (Å²) in [5.41, 5.74) is 3.28. The molecule has 10 heteroatoms. The molecule has 1 aromatic heterocycles. The van der Waals surface area contributed by atoms with Crippen LogP contribution in [-0.4, -0.2) is 89.8 Å². The number of anilines is 2. The molecule has 3 aliphatic heterocycles. The highest BCUT2D eigenvalue weighted by atomic mass is 35.5. The maximum atomic E-state index is 12.5. The number of carbonyl (C=O) groups excluding carboxylic acids is 1. The fourth-order valence-electron chi connectivity index (χ4n) is 6.52. The number of allylic oxidation sites excluding steroid dienone is 1. The summed E-state index contributed by atoms with van der Waals surface area (Å²) in [6.07, 6.45) is 4.46. The number of piperazine rings is 1. The van der Waals surface area contributed by atoms with Gasteiger partial charge in [-0.25, -0.2) is 4.39 Å². The molecule has 2 aromatic carbocycles. The van der Waals surface area contributed by atoms with Crippen LogP contribution in [0.3, 0.4) is 0 Å². The van der Waals surface area contributed by atoms with Gasteiger partial charge in [-0.1, -0.05) is 35.9 Å². The number of likely N-dealkylation sites (tertiary alicyclic amines) is 1. The van der Waals surface area contributed by atoms with Gasteiger partial charge in [0.25, 0.3) is 0 Å². The molecule has 43 heavy (non-hydrogen) atoms. The first-order valence-electron chi connectivity index (χ1n) is 15.2. The normalized spacial score (nSPS) is 19.6. The van der Waals surface area contributed by atoms with Gasteiger partial charge >= 0.3 is 6.01 Å². The maximum absolute atomic E-state index is 12.5. The summed E-state index contributed by atoms with van der Waals surface area (Å²) in [4.78, 5) is 31.2. The van der Waals surface area contributed by atoms with Crippen molar-refractivity contribution in [3.8, 4) is 6.01 Å². The van der Waals surface area contributed by atoms with Crippen LogP contribution in [0.15, 0.2) is 48.6 Å². The Morgan fingerprint density at radius 3 is 2.51 bits per heavy atom. The third-order valence-corrected chi connectivity index (χ3v) is 9.16. The number of amides is 1. The van der Waals surface area contributed by atoms with Gasteiger partial charge in [0, 0.05) is 73.6 Å². The largest absolute Gasteiger partial charge is 0.462 e. The molecule has 228 valence electrons. The molecule has 4 heterocycles. The van der Waals surface area contributed by atoms with Crippen LogP contribution < -0.4 is 14.5 Å². The highest BCUT2D eigenvalue weighted by Crippen LogP contribution is 2.37. The van der Waals surface area contributed by atoms with E-state index in [1.165, 1.54) is 12.2 Å². The predicted molar refractivity (Wildman–Crippen MR) is 170 cm³/mol. The molecule has 0 bridgehead atoms. The Labute approximate surface area is 258 Å². The van der Waals surface area contributed by atoms with Crippen molar-refractivity contribution >= 4 is 39.8 Å². The molecule has 8 nitrogen and oxygen atoms in total. The number of aromatic nitrogens is 2. The number of nitrogens with zero attached hydrogens (tertiary/aromatic N) is 6. The predicted octanol–water partition coefficient (Wildman–Crippen LogP) is 5.27. The topological polar surface area (TPSA) is 65.0 Å². The summed E-state index contributed by atoms with van der Waals surface area (Å²) >= 11 is 6.70. The number of alkyl halides is 1. The summed E-state index contributed by atoms with van der Waals surface area (Å²) in [7, 11) is 0. The number of hydrogen-bond donors (Lipinski definition) is 0. The van der Waals surface area contributed by atoms with Crippen molar-refractivity contribution in [2.45, 2.75) is 51.7 Å². The fourth-order valence-corrected chi connectivity index (χ4v) is 6.80. The van der Waals surface area contributed by atoms with Crippen LogP contribution in [0.25, 0.3) is 10.8 Å². The molecule has 3 aliphatic rings. The molecular formula is C33H40ClFN6O2. The van der Waals surface area contributed by atoms with Gasteiger partial charge in [0.05, 0.1) is 17.3 Å². The van der Waals surface area contributed by atoms with Crippen molar-refractivity contribution < 1.29 is 13.9 Å². The van der Waals surface area contributed by atoms with Crippen molar-refractivity contribution in [3.05, 3.63) is 64.8 Å². The molecular weight excluding hydrogens is 567 g/mol. The minimum atomic E-state index is -0.641. The SMILES string of the molecule is CC(C)(C)N1CCC1COc1nc2c(c(N3CCN(C(=O)/C=C/CF)CC3)n1)CCN(c1cccc3cccc(Cl)c13)C2. The molecule has 0 N–H and O–H groups in total. The lowest BCUT2D eigenvalue weighted by atomic mass is 9.94. The Morgan fingerprint density at radius 2 is 1.81 bits per heavy atom. The van der Waals surface area contributed by atoms with Crippen LogP contribution in [0, 0.1) is 0 Å². The Balaban J connectivity index is 1.28. The number of carbonyl (C=O) groups is 1. The van der Waals surface area contributed by atoms with E-state index in [0.29, 0.717) is 51.4 Å². The monoisotopic (exact) mass is 606 g/mol. The molecule has 2 saturated heterocycles.